The number of rotatable bonds is 8. The topological polar surface area (TPSA) is 66.8 Å². The van der Waals surface area contributed by atoms with Gasteiger partial charge in [0.2, 0.25) is 5.78 Å². The van der Waals surface area contributed by atoms with Crippen molar-refractivity contribution >= 4 is 23.0 Å². The highest BCUT2D eigenvalue weighted by Crippen LogP contribution is 2.39. The molecule has 0 saturated carbocycles. The lowest BCUT2D eigenvalue weighted by Crippen LogP contribution is -2.32. The maximum atomic E-state index is 13.0. The molecule has 3 rings (SSSR count). The van der Waals surface area contributed by atoms with Crippen LogP contribution in [0.1, 0.15) is 41.5 Å². The zero-order valence-electron chi connectivity index (χ0n) is 15.4. The molecule has 1 N–H and O–H groups in total. The minimum atomic E-state index is -0.590. The number of benzene rings is 1. The largest absolute Gasteiger partial charge is 0.503 e. The molecule has 1 aromatic heterocycles. The fourth-order valence-electron chi connectivity index (χ4n) is 3.19. The number of hydrogen-bond acceptors (Lipinski definition) is 5. The van der Waals surface area contributed by atoms with Crippen LogP contribution in [0.3, 0.4) is 0 Å². The van der Waals surface area contributed by atoms with Crippen molar-refractivity contribution in [2.24, 2.45) is 0 Å². The van der Waals surface area contributed by atoms with E-state index in [9.17, 15) is 14.7 Å². The molecule has 0 bridgehead atoms. The fourth-order valence-corrected chi connectivity index (χ4v) is 3.87. The highest BCUT2D eigenvalue weighted by Gasteiger charge is 2.43. The van der Waals surface area contributed by atoms with Gasteiger partial charge in [-0.05, 0) is 37.3 Å². The van der Waals surface area contributed by atoms with Gasteiger partial charge in [0.1, 0.15) is 0 Å². The summed E-state index contributed by atoms with van der Waals surface area (Å²) in [6.45, 7) is 4.83. The van der Waals surface area contributed by atoms with Gasteiger partial charge in [-0.2, -0.15) is 0 Å². The fraction of sp³-hybridized carbons (Fsp3) is 0.333. The molecule has 0 radical (unpaired) electrons. The second-order valence-electron chi connectivity index (χ2n) is 6.65. The van der Waals surface area contributed by atoms with Gasteiger partial charge in [0, 0.05) is 13.2 Å². The maximum absolute atomic E-state index is 13.0. The van der Waals surface area contributed by atoms with Crippen LogP contribution < -0.4 is 0 Å². The second-order valence-corrected chi connectivity index (χ2v) is 7.60. The molecule has 0 fully saturated rings. The Labute approximate surface area is 162 Å². The molecule has 2 heterocycles. The predicted octanol–water partition coefficient (Wildman–Crippen LogP) is 4.14. The van der Waals surface area contributed by atoms with Crippen molar-refractivity contribution in [3.8, 4) is 0 Å². The van der Waals surface area contributed by atoms with Gasteiger partial charge < -0.3 is 14.7 Å². The maximum Gasteiger partial charge on any atom is 0.290 e. The van der Waals surface area contributed by atoms with Crippen LogP contribution in [-0.4, -0.2) is 41.0 Å². The molecule has 6 heteroatoms. The molecule has 5 nitrogen and oxygen atoms in total. The van der Waals surface area contributed by atoms with Gasteiger partial charge >= 0.3 is 0 Å². The first-order chi connectivity index (χ1) is 13.0. The van der Waals surface area contributed by atoms with Crippen LogP contribution in [0.15, 0.2) is 59.2 Å². The molecule has 142 valence electrons. The van der Waals surface area contributed by atoms with Crippen LogP contribution in [0.25, 0.3) is 0 Å². The minimum Gasteiger partial charge on any atom is -0.503 e. The van der Waals surface area contributed by atoms with Crippen LogP contribution in [0, 0.1) is 0 Å². The van der Waals surface area contributed by atoms with Gasteiger partial charge in [-0.25, -0.2) is 0 Å². The van der Waals surface area contributed by atoms with Crippen LogP contribution in [-0.2, 0) is 9.53 Å². The molecule has 1 aliphatic heterocycles. The number of hydrogen-bond donors (Lipinski definition) is 1. The molecular formula is C21H23NO4S. The van der Waals surface area contributed by atoms with Gasteiger partial charge in [-0.1, -0.05) is 36.4 Å². The first-order valence-electron chi connectivity index (χ1n) is 8.99. The van der Waals surface area contributed by atoms with E-state index in [-0.39, 0.29) is 17.5 Å². The van der Waals surface area contributed by atoms with Crippen molar-refractivity contribution in [3.05, 3.63) is 69.6 Å². The molecule has 0 unspecified atom stereocenters. The van der Waals surface area contributed by atoms with E-state index >= 15 is 0 Å². The van der Waals surface area contributed by atoms with Crippen molar-refractivity contribution in [1.29, 1.82) is 0 Å². The smallest absolute Gasteiger partial charge is 0.290 e. The highest BCUT2D eigenvalue weighted by atomic mass is 32.1. The summed E-state index contributed by atoms with van der Waals surface area (Å²) < 4.78 is 5.56. The van der Waals surface area contributed by atoms with Gasteiger partial charge in [-0.3, -0.25) is 9.59 Å². The lowest BCUT2D eigenvalue weighted by molar-refractivity contribution is -0.129. The standard InChI is InChI=1S/C21H23NO4S/c1-14(2)26-12-7-11-22-18(15-8-4-3-5-9-15)17(20(24)21(22)25)19(23)16-10-6-13-27-16/h3-6,8-10,13-14,18,24H,7,11-12H2,1-2H3/t18-/m1/s1. The third-order valence-corrected chi connectivity index (χ3v) is 5.27. The summed E-state index contributed by atoms with van der Waals surface area (Å²) in [4.78, 5) is 27.8. The highest BCUT2D eigenvalue weighted by molar-refractivity contribution is 7.12. The molecule has 0 saturated heterocycles. The van der Waals surface area contributed by atoms with Gasteiger partial charge in [-0.15, -0.1) is 11.3 Å². The number of nitrogens with zero attached hydrogens (tertiary/aromatic N) is 1. The molecule has 2 aromatic rings. The molecule has 0 spiro atoms. The van der Waals surface area contributed by atoms with E-state index in [0.29, 0.717) is 24.4 Å². The van der Waals surface area contributed by atoms with Gasteiger partial charge in [0.25, 0.3) is 5.91 Å². The Bertz CT molecular complexity index is 827. The van der Waals surface area contributed by atoms with E-state index < -0.39 is 17.7 Å². The number of carbonyl (C=O) groups is 2. The van der Waals surface area contributed by atoms with E-state index in [1.807, 2.05) is 44.2 Å². The van der Waals surface area contributed by atoms with Crippen molar-refractivity contribution in [2.75, 3.05) is 13.2 Å². The Hall–Kier alpha value is -2.44. The first kappa shape index (κ1) is 19.3. The Kier molecular flexibility index (Phi) is 6.08. The van der Waals surface area contributed by atoms with E-state index in [1.54, 1.807) is 22.4 Å². The van der Waals surface area contributed by atoms with E-state index in [0.717, 1.165) is 5.56 Å². The number of carbonyl (C=O) groups excluding carboxylic acids is 2. The Balaban J connectivity index is 1.91. The van der Waals surface area contributed by atoms with Crippen LogP contribution in [0.5, 0.6) is 0 Å². The number of amides is 1. The van der Waals surface area contributed by atoms with Gasteiger partial charge in [0.15, 0.2) is 5.76 Å². The van der Waals surface area contributed by atoms with Crippen molar-refractivity contribution < 1.29 is 19.4 Å². The first-order valence-corrected chi connectivity index (χ1v) is 9.87. The SMILES string of the molecule is CC(C)OCCCN1C(=O)C(O)=C(C(=O)c2cccs2)[C@H]1c1ccccc1. The third kappa shape index (κ3) is 4.12. The molecular weight excluding hydrogens is 362 g/mol. The van der Waals surface area contributed by atoms with Crippen molar-refractivity contribution in [3.63, 3.8) is 0 Å². The number of ether oxygens (including phenoxy) is 1. The minimum absolute atomic E-state index is 0.117. The molecule has 1 atom stereocenters. The number of thiophene rings is 1. The predicted molar refractivity (Wildman–Crippen MR) is 105 cm³/mol. The van der Waals surface area contributed by atoms with Crippen molar-refractivity contribution in [1.82, 2.24) is 4.90 Å². The lowest BCUT2D eigenvalue weighted by Gasteiger charge is -2.27. The Morgan fingerprint density at radius 2 is 1.96 bits per heavy atom. The van der Waals surface area contributed by atoms with Crippen LogP contribution >= 0.6 is 11.3 Å². The van der Waals surface area contributed by atoms with E-state index in [2.05, 4.69) is 0 Å². The monoisotopic (exact) mass is 385 g/mol. The van der Waals surface area contributed by atoms with Crippen LogP contribution in [0.4, 0.5) is 0 Å². The summed E-state index contributed by atoms with van der Waals surface area (Å²) in [5.41, 5.74) is 0.956. The third-order valence-electron chi connectivity index (χ3n) is 4.40. The quantitative estimate of drug-likeness (QED) is 0.548. The molecule has 27 heavy (non-hydrogen) atoms. The Morgan fingerprint density at radius 1 is 1.22 bits per heavy atom. The summed E-state index contributed by atoms with van der Waals surface area (Å²) >= 11 is 1.30. The summed E-state index contributed by atoms with van der Waals surface area (Å²) in [6.07, 6.45) is 0.743. The van der Waals surface area contributed by atoms with Crippen molar-refractivity contribution in [2.45, 2.75) is 32.4 Å². The second kappa shape index (κ2) is 8.50. The number of Topliss-reactive ketones (excluding diaryl/α,β-unsaturated/α-hetero) is 1. The van der Waals surface area contributed by atoms with E-state index in [1.165, 1.54) is 11.3 Å². The lowest BCUT2D eigenvalue weighted by atomic mass is 9.95. The number of ketones is 1. The zero-order chi connectivity index (χ0) is 19.4. The summed E-state index contributed by atoms with van der Waals surface area (Å²) in [6, 6.07) is 12.2. The summed E-state index contributed by atoms with van der Waals surface area (Å²) in [7, 11) is 0. The Morgan fingerprint density at radius 3 is 2.59 bits per heavy atom. The molecule has 1 aromatic carbocycles. The molecule has 1 amide bonds. The molecule has 0 aliphatic carbocycles. The number of aliphatic hydroxyl groups excluding tert-OH is 1. The van der Waals surface area contributed by atoms with Gasteiger partial charge in [0.05, 0.1) is 22.6 Å². The summed E-state index contributed by atoms with van der Waals surface area (Å²) in [5.74, 6) is -1.26. The average molecular weight is 385 g/mol. The average Bonchev–Trinajstić information content (AvgIpc) is 3.28. The zero-order valence-corrected chi connectivity index (χ0v) is 16.2. The summed E-state index contributed by atoms with van der Waals surface area (Å²) in [5, 5.41) is 12.3. The van der Waals surface area contributed by atoms with E-state index in [4.69, 9.17) is 4.74 Å². The molecule has 1 aliphatic rings. The number of aliphatic hydroxyl groups is 1. The normalized spacial score (nSPS) is 17.2. The van der Waals surface area contributed by atoms with Crippen LogP contribution in [0.2, 0.25) is 0 Å².